The summed E-state index contributed by atoms with van der Waals surface area (Å²) < 4.78 is 1.87. The number of amides is 1. The molecule has 1 saturated carbocycles. The normalized spacial score (nSPS) is 25.0. The molecule has 0 bridgehead atoms. The van der Waals surface area contributed by atoms with Gasteiger partial charge in [0.1, 0.15) is 0 Å². The predicted octanol–water partition coefficient (Wildman–Crippen LogP) is 1.36. The van der Waals surface area contributed by atoms with Gasteiger partial charge in [0.15, 0.2) is 0 Å². The van der Waals surface area contributed by atoms with Crippen molar-refractivity contribution in [1.82, 2.24) is 15.1 Å². The van der Waals surface area contributed by atoms with Gasteiger partial charge < -0.3 is 5.32 Å². The molecule has 1 aliphatic carbocycles. The van der Waals surface area contributed by atoms with Gasteiger partial charge in [-0.25, -0.2) is 0 Å². The van der Waals surface area contributed by atoms with Crippen LogP contribution < -0.4 is 5.32 Å². The fourth-order valence-corrected chi connectivity index (χ4v) is 1.69. The fourth-order valence-electron chi connectivity index (χ4n) is 1.69. The quantitative estimate of drug-likeness (QED) is 0.796. The van der Waals surface area contributed by atoms with Gasteiger partial charge >= 0.3 is 0 Å². The van der Waals surface area contributed by atoms with Gasteiger partial charge in [-0.3, -0.25) is 9.48 Å². The Bertz CT molecular complexity index is 350. The third-order valence-corrected chi connectivity index (χ3v) is 2.46. The topological polar surface area (TPSA) is 46.9 Å². The molecule has 0 spiro atoms. The van der Waals surface area contributed by atoms with Crippen molar-refractivity contribution < 1.29 is 4.79 Å². The Labute approximate surface area is 89.7 Å². The van der Waals surface area contributed by atoms with Crippen LogP contribution in [0.1, 0.15) is 33.2 Å². The van der Waals surface area contributed by atoms with E-state index in [1.807, 2.05) is 37.7 Å². The third kappa shape index (κ3) is 2.37. The number of hydrogen-bond acceptors (Lipinski definition) is 2. The Hall–Kier alpha value is -1.32. The van der Waals surface area contributed by atoms with E-state index in [0.717, 1.165) is 6.42 Å². The van der Waals surface area contributed by atoms with Crippen molar-refractivity contribution in [3.05, 3.63) is 18.5 Å². The van der Waals surface area contributed by atoms with E-state index in [0.29, 0.717) is 0 Å². The number of nitrogens with zero attached hydrogens (tertiary/aromatic N) is 2. The third-order valence-electron chi connectivity index (χ3n) is 2.46. The average Bonchev–Trinajstić information content (AvgIpc) is 2.71. The lowest BCUT2D eigenvalue weighted by molar-refractivity contribution is -0.124. The Kier molecular flexibility index (Phi) is 2.29. The lowest BCUT2D eigenvalue weighted by Gasteiger charge is -2.20. The Morgan fingerprint density at radius 3 is 2.80 bits per heavy atom. The van der Waals surface area contributed by atoms with Crippen molar-refractivity contribution in [3.63, 3.8) is 0 Å². The van der Waals surface area contributed by atoms with Crippen LogP contribution in [0, 0.1) is 5.92 Å². The molecule has 1 aromatic heterocycles. The smallest absolute Gasteiger partial charge is 0.225 e. The molecule has 1 heterocycles. The first-order valence-electron chi connectivity index (χ1n) is 5.28. The maximum absolute atomic E-state index is 11.8. The van der Waals surface area contributed by atoms with Crippen LogP contribution in [0.4, 0.5) is 0 Å². The minimum atomic E-state index is -0.145. The van der Waals surface area contributed by atoms with Gasteiger partial charge in [0.05, 0.1) is 12.0 Å². The standard InChI is InChI=1S/C11H17N3O/c1-11(2,3)13-10(15)8-7-9(8)14-6-4-5-12-14/h4-6,8-9H,7H2,1-3H3,(H,13,15)/t8-,9-/m1/s1. The molecule has 82 valence electrons. The van der Waals surface area contributed by atoms with E-state index in [-0.39, 0.29) is 23.4 Å². The second-order valence-corrected chi connectivity index (χ2v) is 5.13. The first kappa shape index (κ1) is 10.2. The van der Waals surface area contributed by atoms with Crippen LogP contribution in [-0.4, -0.2) is 21.2 Å². The van der Waals surface area contributed by atoms with Gasteiger partial charge in [-0.15, -0.1) is 0 Å². The molecule has 0 aliphatic heterocycles. The van der Waals surface area contributed by atoms with Crippen LogP contribution in [-0.2, 0) is 4.79 Å². The summed E-state index contributed by atoms with van der Waals surface area (Å²) in [5.41, 5.74) is -0.145. The largest absolute Gasteiger partial charge is 0.351 e. The summed E-state index contributed by atoms with van der Waals surface area (Å²) in [4.78, 5) is 11.8. The van der Waals surface area contributed by atoms with E-state index >= 15 is 0 Å². The molecule has 1 N–H and O–H groups in total. The second kappa shape index (κ2) is 3.36. The van der Waals surface area contributed by atoms with E-state index in [1.165, 1.54) is 0 Å². The number of carbonyl (C=O) groups is 1. The zero-order valence-electron chi connectivity index (χ0n) is 9.40. The lowest BCUT2D eigenvalue weighted by atomic mass is 10.1. The summed E-state index contributed by atoms with van der Waals surface area (Å²) in [5.74, 6) is 0.243. The van der Waals surface area contributed by atoms with E-state index in [1.54, 1.807) is 6.20 Å². The second-order valence-electron chi connectivity index (χ2n) is 5.13. The molecule has 15 heavy (non-hydrogen) atoms. The number of nitrogens with one attached hydrogen (secondary N) is 1. The fraction of sp³-hybridized carbons (Fsp3) is 0.636. The molecule has 1 aromatic rings. The van der Waals surface area contributed by atoms with Gasteiger partial charge in [-0.2, -0.15) is 5.10 Å². The zero-order chi connectivity index (χ0) is 11.1. The highest BCUT2D eigenvalue weighted by molar-refractivity contribution is 5.82. The zero-order valence-corrected chi connectivity index (χ0v) is 9.40. The highest BCUT2D eigenvalue weighted by Crippen LogP contribution is 2.42. The van der Waals surface area contributed by atoms with Crippen molar-refractivity contribution in [2.75, 3.05) is 0 Å². The van der Waals surface area contributed by atoms with E-state index in [2.05, 4.69) is 10.4 Å². The Morgan fingerprint density at radius 2 is 2.27 bits per heavy atom. The molecule has 2 atom stereocenters. The summed E-state index contributed by atoms with van der Waals surface area (Å²) in [5, 5.41) is 7.14. The number of carbonyl (C=O) groups excluding carboxylic acids is 1. The number of aromatic nitrogens is 2. The van der Waals surface area contributed by atoms with Gasteiger partial charge in [0, 0.05) is 17.9 Å². The van der Waals surface area contributed by atoms with Crippen molar-refractivity contribution in [2.45, 2.75) is 38.8 Å². The average molecular weight is 207 g/mol. The maximum atomic E-state index is 11.8. The first-order chi connectivity index (χ1) is 6.97. The monoisotopic (exact) mass is 207 g/mol. The molecule has 0 unspecified atom stereocenters. The molecule has 0 radical (unpaired) electrons. The Morgan fingerprint density at radius 1 is 1.53 bits per heavy atom. The van der Waals surface area contributed by atoms with E-state index in [9.17, 15) is 4.79 Å². The van der Waals surface area contributed by atoms with E-state index < -0.39 is 0 Å². The van der Waals surface area contributed by atoms with Crippen LogP contribution >= 0.6 is 0 Å². The molecule has 4 nitrogen and oxygen atoms in total. The first-order valence-corrected chi connectivity index (χ1v) is 5.28. The summed E-state index contributed by atoms with van der Waals surface area (Å²) in [6.07, 6.45) is 4.57. The van der Waals surface area contributed by atoms with Crippen molar-refractivity contribution >= 4 is 5.91 Å². The van der Waals surface area contributed by atoms with E-state index in [4.69, 9.17) is 0 Å². The molecule has 0 aromatic carbocycles. The van der Waals surface area contributed by atoms with Crippen LogP contribution in [0.3, 0.4) is 0 Å². The lowest BCUT2D eigenvalue weighted by Crippen LogP contribution is -2.41. The van der Waals surface area contributed by atoms with Crippen molar-refractivity contribution in [2.24, 2.45) is 5.92 Å². The van der Waals surface area contributed by atoms with Crippen LogP contribution in [0.2, 0.25) is 0 Å². The number of rotatable bonds is 2. The SMILES string of the molecule is CC(C)(C)NC(=O)[C@@H]1C[C@H]1n1cccn1. The van der Waals surface area contributed by atoms with Crippen molar-refractivity contribution in [3.8, 4) is 0 Å². The minimum Gasteiger partial charge on any atom is -0.351 e. The molecule has 1 fully saturated rings. The molecular formula is C11H17N3O. The maximum Gasteiger partial charge on any atom is 0.225 e. The molecule has 1 amide bonds. The summed E-state index contributed by atoms with van der Waals surface area (Å²) in [6.45, 7) is 5.99. The highest BCUT2D eigenvalue weighted by Gasteiger charge is 2.45. The minimum absolute atomic E-state index is 0.101. The molecule has 2 rings (SSSR count). The van der Waals surface area contributed by atoms with Gasteiger partial charge in [-0.05, 0) is 33.3 Å². The van der Waals surface area contributed by atoms with Crippen LogP contribution in [0.5, 0.6) is 0 Å². The molecule has 4 heteroatoms. The Balaban J connectivity index is 1.91. The van der Waals surface area contributed by atoms with Crippen LogP contribution in [0.25, 0.3) is 0 Å². The molecule has 0 saturated heterocycles. The van der Waals surface area contributed by atoms with Gasteiger partial charge in [-0.1, -0.05) is 0 Å². The van der Waals surface area contributed by atoms with Crippen molar-refractivity contribution in [1.29, 1.82) is 0 Å². The summed E-state index contributed by atoms with van der Waals surface area (Å²) in [6, 6.07) is 2.15. The van der Waals surface area contributed by atoms with Crippen LogP contribution in [0.15, 0.2) is 18.5 Å². The molecule has 1 aliphatic rings. The predicted molar refractivity (Wildman–Crippen MR) is 57.3 cm³/mol. The summed E-state index contributed by atoms with van der Waals surface area (Å²) >= 11 is 0. The molecular weight excluding hydrogens is 190 g/mol. The van der Waals surface area contributed by atoms with Gasteiger partial charge in [0.25, 0.3) is 0 Å². The van der Waals surface area contributed by atoms with Gasteiger partial charge in [0.2, 0.25) is 5.91 Å². The number of hydrogen-bond donors (Lipinski definition) is 1. The summed E-state index contributed by atoms with van der Waals surface area (Å²) in [7, 11) is 0. The highest BCUT2D eigenvalue weighted by atomic mass is 16.2.